The van der Waals surface area contributed by atoms with E-state index in [-0.39, 0.29) is 29.8 Å². The number of anilines is 1. The van der Waals surface area contributed by atoms with E-state index in [1.165, 1.54) is 0 Å². The molecule has 7 nitrogen and oxygen atoms in total. The molecule has 1 aliphatic carbocycles. The first-order valence-corrected chi connectivity index (χ1v) is 14.3. The van der Waals surface area contributed by atoms with Crippen molar-refractivity contribution in [2.24, 2.45) is 5.73 Å². The number of allylic oxidation sites excluding steroid dienone is 3. The summed E-state index contributed by atoms with van der Waals surface area (Å²) in [7, 11) is 0. The Kier molecular flexibility index (Phi) is 7.44. The molecule has 1 fully saturated rings. The van der Waals surface area contributed by atoms with E-state index in [0.29, 0.717) is 17.6 Å². The number of ketones is 1. The maximum absolute atomic E-state index is 13.7. The Morgan fingerprint density at radius 3 is 2.48 bits per heavy atom. The third-order valence-corrected chi connectivity index (χ3v) is 8.38. The lowest BCUT2D eigenvalue weighted by Crippen LogP contribution is -2.48. The number of benzene rings is 1. The number of hydrogen-bond donors (Lipinski definition) is 2. The standard InChI is InChI=1S/C33H41N5O2/c1-20(2)38-19-23(5)31-26(32(40)36-18-27-22(4)13-21(3)14-29(27)39)15-25(16-28(31)38)24-7-8-30(35-17-24)37-11-9-33(6,34)10-12-37/h7-8,13,15-17,19-20H,9-12,14,18,34H2,1-6H3,(H,36,40). The van der Waals surface area contributed by atoms with Gasteiger partial charge in [-0.1, -0.05) is 11.6 Å². The summed E-state index contributed by atoms with van der Waals surface area (Å²) in [5, 5.41) is 3.99. The van der Waals surface area contributed by atoms with Crippen molar-refractivity contribution >= 4 is 28.4 Å². The smallest absolute Gasteiger partial charge is 0.252 e. The Balaban J connectivity index is 1.49. The molecule has 5 rings (SSSR count). The number of carbonyl (C=O) groups excluding carboxylic acids is 2. The van der Waals surface area contributed by atoms with E-state index in [4.69, 9.17) is 10.7 Å². The molecule has 1 saturated heterocycles. The lowest BCUT2D eigenvalue weighted by Gasteiger charge is -2.37. The van der Waals surface area contributed by atoms with Crippen molar-refractivity contribution in [3.05, 3.63) is 70.6 Å². The van der Waals surface area contributed by atoms with Gasteiger partial charge in [0, 0.05) is 77.6 Å². The second kappa shape index (κ2) is 10.7. The summed E-state index contributed by atoms with van der Waals surface area (Å²) < 4.78 is 2.22. The monoisotopic (exact) mass is 539 g/mol. The molecule has 0 unspecified atom stereocenters. The minimum Gasteiger partial charge on any atom is -0.356 e. The molecule has 3 N–H and O–H groups in total. The van der Waals surface area contributed by atoms with Gasteiger partial charge in [0.2, 0.25) is 0 Å². The van der Waals surface area contributed by atoms with Gasteiger partial charge in [-0.15, -0.1) is 0 Å². The van der Waals surface area contributed by atoms with Gasteiger partial charge in [-0.3, -0.25) is 9.59 Å². The summed E-state index contributed by atoms with van der Waals surface area (Å²) >= 11 is 0. The Labute approximate surface area is 237 Å². The molecule has 0 atom stereocenters. The van der Waals surface area contributed by atoms with Gasteiger partial charge in [0.1, 0.15) is 5.82 Å². The van der Waals surface area contributed by atoms with Crippen LogP contribution in [-0.4, -0.2) is 46.4 Å². The predicted octanol–water partition coefficient (Wildman–Crippen LogP) is 5.88. The summed E-state index contributed by atoms with van der Waals surface area (Å²) in [4.78, 5) is 33.4. The Morgan fingerprint density at radius 1 is 1.12 bits per heavy atom. The molecule has 3 heterocycles. The maximum Gasteiger partial charge on any atom is 0.252 e. The van der Waals surface area contributed by atoms with Crippen LogP contribution in [0.3, 0.4) is 0 Å². The predicted molar refractivity (Wildman–Crippen MR) is 163 cm³/mol. The maximum atomic E-state index is 13.7. The van der Waals surface area contributed by atoms with Gasteiger partial charge < -0.3 is 20.5 Å². The fourth-order valence-corrected chi connectivity index (χ4v) is 5.94. The second-order valence-electron chi connectivity index (χ2n) is 12.2. The molecule has 0 saturated carbocycles. The van der Waals surface area contributed by atoms with Crippen LogP contribution >= 0.6 is 0 Å². The number of fused-ring (bicyclic) bond motifs is 1. The van der Waals surface area contributed by atoms with Crippen LogP contribution in [-0.2, 0) is 4.79 Å². The average Bonchev–Trinajstić information content (AvgIpc) is 3.24. The van der Waals surface area contributed by atoms with Crippen LogP contribution in [0.2, 0.25) is 0 Å². The molecule has 2 aliphatic rings. The van der Waals surface area contributed by atoms with E-state index in [1.807, 2.05) is 39.1 Å². The molecule has 1 aromatic carbocycles. The van der Waals surface area contributed by atoms with Crippen LogP contribution in [0.25, 0.3) is 22.0 Å². The van der Waals surface area contributed by atoms with Gasteiger partial charge >= 0.3 is 0 Å². The number of nitrogens with two attached hydrogens (primary N) is 1. The molecule has 0 bridgehead atoms. The molecule has 210 valence electrons. The SMILES string of the molecule is CC1=CC(C)=C(CNC(=O)c2cc(-c3ccc(N4CCC(C)(N)CC4)nc3)cc3c2c(C)cn3C(C)C)C(=O)C1. The summed E-state index contributed by atoms with van der Waals surface area (Å²) in [6, 6.07) is 8.49. The van der Waals surface area contributed by atoms with E-state index in [9.17, 15) is 9.59 Å². The number of Topliss-reactive ketones (excluding diaryl/α,β-unsaturated/α-hetero) is 1. The number of aromatic nitrogens is 2. The van der Waals surface area contributed by atoms with Gasteiger partial charge in [0.05, 0.1) is 0 Å². The summed E-state index contributed by atoms with van der Waals surface area (Å²) in [5.41, 5.74) is 13.4. The molecular weight excluding hydrogens is 498 g/mol. The van der Waals surface area contributed by atoms with Crippen molar-refractivity contribution in [2.75, 3.05) is 24.5 Å². The highest BCUT2D eigenvalue weighted by Crippen LogP contribution is 2.34. The van der Waals surface area contributed by atoms with E-state index < -0.39 is 0 Å². The first-order valence-electron chi connectivity index (χ1n) is 14.3. The van der Waals surface area contributed by atoms with Crippen molar-refractivity contribution in [3.63, 3.8) is 0 Å². The molecule has 7 heteroatoms. The van der Waals surface area contributed by atoms with Crippen LogP contribution in [0.5, 0.6) is 0 Å². The Bertz CT molecular complexity index is 1530. The molecular formula is C33H41N5O2. The number of aryl methyl sites for hydroxylation is 1. The van der Waals surface area contributed by atoms with E-state index in [1.54, 1.807) is 0 Å². The Hall–Kier alpha value is -3.71. The van der Waals surface area contributed by atoms with Crippen molar-refractivity contribution in [2.45, 2.75) is 72.4 Å². The minimum atomic E-state index is -0.182. The second-order valence-corrected chi connectivity index (χ2v) is 12.2. The number of amides is 1. The van der Waals surface area contributed by atoms with Gasteiger partial charge in [0.15, 0.2) is 5.78 Å². The number of carbonyl (C=O) groups is 2. The fraction of sp³-hybridized carbons (Fsp3) is 0.424. The summed E-state index contributed by atoms with van der Waals surface area (Å²) in [6.45, 7) is 14.4. The van der Waals surface area contributed by atoms with Gasteiger partial charge in [0.25, 0.3) is 5.91 Å². The minimum absolute atomic E-state index is 0.0785. The fourth-order valence-electron chi connectivity index (χ4n) is 5.94. The van der Waals surface area contributed by atoms with E-state index in [2.05, 4.69) is 60.0 Å². The van der Waals surface area contributed by atoms with Crippen molar-refractivity contribution in [1.29, 1.82) is 0 Å². The van der Waals surface area contributed by atoms with Crippen molar-refractivity contribution < 1.29 is 9.59 Å². The zero-order valence-electron chi connectivity index (χ0n) is 24.6. The lowest BCUT2D eigenvalue weighted by atomic mass is 9.91. The Morgan fingerprint density at radius 2 is 1.85 bits per heavy atom. The topological polar surface area (TPSA) is 93.2 Å². The van der Waals surface area contributed by atoms with Crippen LogP contribution in [0.15, 0.2) is 59.5 Å². The molecule has 1 amide bonds. The summed E-state index contributed by atoms with van der Waals surface area (Å²) in [5.74, 6) is 0.845. The van der Waals surface area contributed by atoms with E-state index >= 15 is 0 Å². The molecule has 0 radical (unpaired) electrons. The van der Waals surface area contributed by atoms with Crippen LogP contribution < -0.4 is 16.0 Å². The third-order valence-electron chi connectivity index (χ3n) is 8.38. The number of nitrogens with zero attached hydrogens (tertiary/aromatic N) is 3. The number of piperidine rings is 1. The van der Waals surface area contributed by atoms with Gasteiger partial charge in [-0.2, -0.15) is 0 Å². The van der Waals surface area contributed by atoms with Gasteiger partial charge in [-0.05, 0) is 95.3 Å². The molecule has 40 heavy (non-hydrogen) atoms. The van der Waals surface area contributed by atoms with E-state index in [0.717, 1.165) is 70.5 Å². The summed E-state index contributed by atoms with van der Waals surface area (Å²) in [6.07, 6.45) is 8.33. The average molecular weight is 540 g/mol. The van der Waals surface area contributed by atoms with Crippen LogP contribution in [0.4, 0.5) is 5.82 Å². The lowest BCUT2D eigenvalue weighted by molar-refractivity contribution is -0.115. The first kappa shape index (κ1) is 27.8. The van der Waals surface area contributed by atoms with Crippen LogP contribution in [0.1, 0.15) is 75.8 Å². The van der Waals surface area contributed by atoms with Gasteiger partial charge in [-0.25, -0.2) is 4.98 Å². The zero-order valence-corrected chi connectivity index (χ0v) is 24.6. The van der Waals surface area contributed by atoms with Crippen molar-refractivity contribution in [3.8, 4) is 11.1 Å². The highest BCUT2D eigenvalue weighted by molar-refractivity contribution is 6.10. The number of pyridine rings is 1. The van der Waals surface area contributed by atoms with Crippen molar-refractivity contribution in [1.82, 2.24) is 14.9 Å². The molecule has 0 spiro atoms. The normalized spacial score (nSPS) is 17.6. The highest BCUT2D eigenvalue weighted by atomic mass is 16.2. The number of rotatable bonds is 6. The van der Waals surface area contributed by atoms with Crippen LogP contribution in [0, 0.1) is 6.92 Å². The molecule has 3 aromatic rings. The quantitative estimate of drug-likeness (QED) is 0.408. The highest BCUT2D eigenvalue weighted by Gasteiger charge is 2.27. The largest absolute Gasteiger partial charge is 0.356 e. The zero-order chi connectivity index (χ0) is 28.8. The molecule has 2 aromatic heterocycles. The number of nitrogens with one attached hydrogen (secondary N) is 1. The third kappa shape index (κ3) is 5.48. The first-order chi connectivity index (χ1) is 18.9. The number of hydrogen-bond acceptors (Lipinski definition) is 5. The molecule has 1 aliphatic heterocycles.